The SMILES string of the molecule is Cc1cccc(C2(C)C[C@H](N)c3cc(F)ccc3O2)c1. The first-order valence-corrected chi connectivity index (χ1v) is 6.79. The van der Waals surface area contributed by atoms with Crippen molar-refractivity contribution in [2.45, 2.75) is 31.9 Å². The number of aryl methyl sites for hydroxylation is 1. The van der Waals surface area contributed by atoms with E-state index in [1.54, 1.807) is 6.07 Å². The van der Waals surface area contributed by atoms with Crippen LogP contribution in [0.3, 0.4) is 0 Å². The summed E-state index contributed by atoms with van der Waals surface area (Å²) >= 11 is 0. The van der Waals surface area contributed by atoms with E-state index in [2.05, 4.69) is 19.1 Å². The number of nitrogens with two attached hydrogens (primary N) is 1. The number of halogens is 1. The first-order valence-electron chi connectivity index (χ1n) is 6.79. The van der Waals surface area contributed by atoms with Gasteiger partial charge in [0.2, 0.25) is 0 Å². The highest BCUT2D eigenvalue weighted by Gasteiger charge is 2.37. The van der Waals surface area contributed by atoms with Crippen molar-refractivity contribution in [3.63, 3.8) is 0 Å². The van der Waals surface area contributed by atoms with Gasteiger partial charge in [-0.1, -0.05) is 29.8 Å². The van der Waals surface area contributed by atoms with E-state index >= 15 is 0 Å². The molecule has 20 heavy (non-hydrogen) atoms. The Hall–Kier alpha value is -1.87. The molecule has 0 bridgehead atoms. The summed E-state index contributed by atoms with van der Waals surface area (Å²) in [5, 5.41) is 0. The average Bonchev–Trinajstić information content (AvgIpc) is 2.40. The predicted octanol–water partition coefficient (Wildman–Crippen LogP) is 3.83. The van der Waals surface area contributed by atoms with Crippen molar-refractivity contribution >= 4 is 0 Å². The summed E-state index contributed by atoms with van der Waals surface area (Å²) in [5.41, 5.74) is 8.77. The molecule has 3 heteroatoms. The number of rotatable bonds is 1. The summed E-state index contributed by atoms with van der Waals surface area (Å²) in [5.74, 6) is 0.399. The molecule has 0 radical (unpaired) electrons. The third-order valence-corrected chi connectivity index (χ3v) is 3.94. The van der Waals surface area contributed by atoms with E-state index in [0.717, 1.165) is 11.1 Å². The van der Waals surface area contributed by atoms with Gasteiger partial charge in [-0.05, 0) is 37.6 Å². The second-order valence-electron chi connectivity index (χ2n) is 5.70. The molecule has 2 aromatic rings. The van der Waals surface area contributed by atoms with Crippen LogP contribution in [0, 0.1) is 12.7 Å². The zero-order valence-electron chi connectivity index (χ0n) is 11.7. The molecule has 1 unspecified atom stereocenters. The zero-order chi connectivity index (χ0) is 14.3. The molecular formula is C17H18FNO. The molecule has 0 spiro atoms. The second-order valence-corrected chi connectivity index (χ2v) is 5.70. The molecule has 2 nitrogen and oxygen atoms in total. The topological polar surface area (TPSA) is 35.2 Å². The average molecular weight is 271 g/mol. The lowest BCUT2D eigenvalue weighted by atomic mass is 9.83. The van der Waals surface area contributed by atoms with Gasteiger partial charge < -0.3 is 10.5 Å². The summed E-state index contributed by atoms with van der Waals surface area (Å²) in [6.45, 7) is 4.09. The maximum Gasteiger partial charge on any atom is 0.133 e. The van der Waals surface area contributed by atoms with Gasteiger partial charge in [0, 0.05) is 18.0 Å². The van der Waals surface area contributed by atoms with Crippen LogP contribution >= 0.6 is 0 Å². The standard InChI is InChI=1S/C17H18FNO/c1-11-4-3-5-12(8-11)17(2)10-15(19)14-9-13(18)6-7-16(14)20-17/h3-9,15H,10,19H2,1-2H3/t15-,17?/m0/s1. The molecular weight excluding hydrogens is 253 g/mol. The van der Waals surface area contributed by atoms with Crippen LogP contribution in [0.2, 0.25) is 0 Å². The van der Waals surface area contributed by atoms with E-state index in [4.69, 9.17) is 10.5 Å². The van der Waals surface area contributed by atoms with Crippen molar-refractivity contribution in [3.8, 4) is 5.75 Å². The molecule has 0 saturated carbocycles. The van der Waals surface area contributed by atoms with E-state index in [1.165, 1.54) is 17.7 Å². The summed E-state index contributed by atoms with van der Waals surface area (Å²) in [7, 11) is 0. The quantitative estimate of drug-likeness (QED) is 0.855. The summed E-state index contributed by atoms with van der Waals surface area (Å²) in [6.07, 6.45) is 0.632. The van der Waals surface area contributed by atoms with E-state index in [1.807, 2.05) is 19.1 Å². The van der Waals surface area contributed by atoms with Crippen molar-refractivity contribution in [2.24, 2.45) is 5.73 Å². The van der Waals surface area contributed by atoms with Crippen LogP contribution in [0.5, 0.6) is 5.75 Å². The Morgan fingerprint density at radius 1 is 1.25 bits per heavy atom. The molecule has 104 valence electrons. The number of fused-ring (bicyclic) bond motifs is 1. The van der Waals surface area contributed by atoms with Gasteiger partial charge in [0.15, 0.2) is 0 Å². The van der Waals surface area contributed by atoms with Gasteiger partial charge in [-0.25, -0.2) is 4.39 Å². The lowest BCUT2D eigenvalue weighted by molar-refractivity contribution is 0.0508. The predicted molar refractivity (Wildman–Crippen MR) is 77.1 cm³/mol. The van der Waals surface area contributed by atoms with Gasteiger partial charge in [0.1, 0.15) is 17.2 Å². The Balaban J connectivity index is 2.04. The van der Waals surface area contributed by atoms with Crippen LogP contribution < -0.4 is 10.5 Å². The highest BCUT2D eigenvalue weighted by Crippen LogP contribution is 2.43. The van der Waals surface area contributed by atoms with Crippen molar-refractivity contribution in [2.75, 3.05) is 0 Å². The molecule has 1 aliphatic heterocycles. The summed E-state index contributed by atoms with van der Waals surface area (Å²) in [6, 6.07) is 12.6. The number of hydrogen-bond donors (Lipinski definition) is 1. The van der Waals surface area contributed by atoms with Gasteiger partial charge in [-0.15, -0.1) is 0 Å². The highest BCUT2D eigenvalue weighted by molar-refractivity contribution is 5.41. The van der Waals surface area contributed by atoms with Crippen LogP contribution in [0.4, 0.5) is 4.39 Å². The van der Waals surface area contributed by atoms with Crippen LogP contribution in [0.1, 0.15) is 36.1 Å². The van der Waals surface area contributed by atoms with E-state index in [0.29, 0.717) is 12.2 Å². The zero-order valence-corrected chi connectivity index (χ0v) is 11.7. The Morgan fingerprint density at radius 3 is 2.80 bits per heavy atom. The minimum Gasteiger partial charge on any atom is -0.482 e. The third kappa shape index (κ3) is 2.18. The maximum absolute atomic E-state index is 13.3. The Labute approximate surface area is 118 Å². The molecule has 1 aliphatic rings. The van der Waals surface area contributed by atoms with E-state index in [-0.39, 0.29) is 11.9 Å². The molecule has 0 aromatic heterocycles. The lowest BCUT2D eigenvalue weighted by Crippen LogP contribution is -2.38. The van der Waals surface area contributed by atoms with E-state index in [9.17, 15) is 4.39 Å². The molecule has 2 aromatic carbocycles. The van der Waals surface area contributed by atoms with E-state index < -0.39 is 5.60 Å². The Morgan fingerprint density at radius 2 is 2.05 bits per heavy atom. The molecule has 3 rings (SSSR count). The fourth-order valence-electron chi connectivity index (χ4n) is 2.87. The molecule has 0 saturated heterocycles. The summed E-state index contributed by atoms with van der Waals surface area (Å²) in [4.78, 5) is 0. The van der Waals surface area contributed by atoms with Crippen molar-refractivity contribution in [3.05, 3.63) is 65.0 Å². The van der Waals surface area contributed by atoms with Crippen LogP contribution in [-0.4, -0.2) is 0 Å². The monoisotopic (exact) mass is 271 g/mol. The lowest BCUT2D eigenvalue weighted by Gasteiger charge is -2.39. The molecule has 0 amide bonds. The van der Waals surface area contributed by atoms with Crippen molar-refractivity contribution in [1.82, 2.24) is 0 Å². The fraction of sp³-hybridized carbons (Fsp3) is 0.294. The largest absolute Gasteiger partial charge is 0.482 e. The smallest absolute Gasteiger partial charge is 0.133 e. The number of benzene rings is 2. The fourth-order valence-corrected chi connectivity index (χ4v) is 2.87. The normalized spacial score (nSPS) is 24.9. The van der Waals surface area contributed by atoms with Gasteiger partial charge >= 0.3 is 0 Å². The van der Waals surface area contributed by atoms with Crippen LogP contribution in [-0.2, 0) is 5.60 Å². The van der Waals surface area contributed by atoms with Gasteiger partial charge in [-0.2, -0.15) is 0 Å². The minimum absolute atomic E-state index is 0.222. The summed E-state index contributed by atoms with van der Waals surface area (Å²) < 4.78 is 19.5. The van der Waals surface area contributed by atoms with Gasteiger partial charge in [0.05, 0.1) is 0 Å². The Bertz CT molecular complexity index is 655. The third-order valence-electron chi connectivity index (χ3n) is 3.94. The molecule has 0 aliphatic carbocycles. The second kappa shape index (κ2) is 4.60. The molecule has 2 N–H and O–H groups in total. The molecule has 0 fully saturated rings. The van der Waals surface area contributed by atoms with Gasteiger partial charge in [0.25, 0.3) is 0 Å². The molecule has 2 atom stereocenters. The van der Waals surface area contributed by atoms with Crippen LogP contribution in [0.25, 0.3) is 0 Å². The molecule has 1 heterocycles. The van der Waals surface area contributed by atoms with Gasteiger partial charge in [-0.3, -0.25) is 0 Å². The Kier molecular flexibility index (Phi) is 3.02. The first-order chi connectivity index (χ1) is 9.48. The number of hydrogen-bond acceptors (Lipinski definition) is 2. The minimum atomic E-state index is -0.476. The maximum atomic E-state index is 13.3. The van der Waals surface area contributed by atoms with Crippen molar-refractivity contribution in [1.29, 1.82) is 0 Å². The number of ether oxygens (including phenoxy) is 1. The van der Waals surface area contributed by atoms with Crippen LogP contribution in [0.15, 0.2) is 42.5 Å². The first kappa shape index (κ1) is 13.1. The highest BCUT2D eigenvalue weighted by atomic mass is 19.1. The van der Waals surface area contributed by atoms with Crippen molar-refractivity contribution < 1.29 is 9.13 Å².